The average Bonchev–Trinajstić information content (AvgIpc) is 4.03. The van der Waals surface area contributed by atoms with Gasteiger partial charge in [0, 0.05) is 80.8 Å². The van der Waals surface area contributed by atoms with Gasteiger partial charge in [-0.25, -0.2) is 0 Å². The number of benzene rings is 8. The Morgan fingerprint density at radius 3 is 2.22 bits per heavy atom. The van der Waals surface area contributed by atoms with Gasteiger partial charge in [-0.2, -0.15) is 0 Å². The van der Waals surface area contributed by atoms with E-state index in [1.165, 1.54) is 47.7 Å². The molecule has 0 amide bonds. The summed E-state index contributed by atoms with van der Waals surface area (Å²) in [4.78, 5) is 0. The van der Waals surface area contributed by atoms with Crippen molar-refractivity contribution in [1.82, 2.24) is 4.57 Å². The molecule has 13 rings (SSSR count). The Balaban J connectivity index is 1.10. The molecule has 8 aromatic carbocycles. The number of para-hydroxylation sites is 1. The van der Waals surface area contributed by atoms with Crippen molar-refractivity contribution in [2.24, 2.45) is 0 Å². The normalized spacial score (nSPS) is 12.7. The molecule has 1 aliphatic heterocycles. The molecule has 283 valence electrons. The van der Waals surface area contributed by atoms with Crippen LogP contribution in [0.15, 0.2) is 167 Å². The van der Waals surface area contributed by atoms with Crippen LogP contribution in [-0.2, 0) is 5.41 Å². The van der Waals surface area contributed by atoms with Crippen LogP contribution in [0.2, 0.25) is 0 Å². The first-order valence-electron chi connectivity index (χ1n) is 20.6. The van der Waals surface area contributed by atoms with Gasteiger partial charge in [0.25, 0.3) is 0 Å². The number of hydrogen-bond donors (Lipinski definition) is 1. The zero-order valence-electron chi connectivity index (χ0n) is 33.3. The molecule has 6 heteroatoms. The Morgan fingerprint density at radius 2 is 1.37 bits per heavy atom. The van der Waals surface area contributed by atoms with E-state index < -0.39 is 0 Å². The van der Waals surface area contributed by atoms with Crippen LogP contribution in [-0.4, -0.2) is 11.8 Å². The lowest BCUT2D eigenvalue weighted by atomic mass is 9.59. The molecular weight excluding hydrogens is 751 g/mol. The molecule has 0 unspecified atom stereocenters. The molecule has 5 heterocycles. The van der Waals surface area contributed by atoms with E-state index in [1.54, 1.807) is 0 Å². The minimum atomic E-state index is 0.0718. The zero-order valence-corrected chi connectivity index (χ0v) is 34.1. The van der Waals surface area contributed by atoms with Gasteiger partial charge in [-0.1, -0.05) is 117 Å². The van der Waals surface area contributed by atoms with Gasteiger partial charge in [0.05, 0.1) is 11.8 Å². The van der Waals surface area contributed by atoms with Crippen molar-refractivity contribution in [2.75, 3.05) is 5.32 Å². The van der Waals surface area contributed by atoms with E-state index in [-0.39, 0.29) is 5.41 Å². The van der Waals surface area contributed by atoms with Gasteiger partial charge in [0.1, 0.15) is 16.7 Å². The lowest BCUT2D eigenvalue weighted by Gasteiger charge is -2.24. The number of furan rings is 2. The van der Waals surface area contributed by atoms with Crippen LogP contribution < -0.4 is 16.2 Å². The van der Waals surface area contributed by atoms with Gasteiger partial charge >= 0.3 is 0 Å². The third-order valence-electron chi connectivity index (χ3n) is 12.7. The first-order chi connectivity index (χ1) is 29.3. The standard InChI is InChI=1S/C54H36BN2O2S/c1-54(2,3)31-17-19-32(20-18-31)56-44-28-51-41(34-14-8-10-16-50(34)60-51)23-37(44)35-21-22-36-38-26-49-39(33-13-7-9-15-47(33)59-49)24-45(38)57-46-25-40-42(30-11-5-4-6-12-30)29-58-48(40)27-43(46)55-52(35)53(36)57/h4-29,56H,1-3H3. The van der Waals surface area contributed by atoms with Crippen molar-refractivity contribution in [2.45, 2.75) is 26.2 Å². The molecule has 4 aromatic heterocycles. The predicted octanol–water partition coefficient (Wildman–Crippen LogP) is 14.1. The van der Waals surface area contributed by atoms with Crippen LogP contribution in [0.25, 0.3) is 103 Å². The van der Waals surface area contributed by atoms with Gasteiger partial charge in [0.15, 0.2) is 7.28 Å². The van der Waals surface area contributed by atoms with Crippen LogP contribution in [0, 0.1) is 0 Å². The van der Waals surface area contributed by atoms with Crippen LogP contribution in [0.1, 0.15) is 26.3 Å². The van der Waals surface area contributed by atoms with E-state index >= 15 is 0 Å². The van der Waals surface area contributed by atoms with Crippen molar-refractivity contribution < 1.29 is 8.83 Å². The Morgan fingerprint density at radius 1 is 0.567 bits per heavy atom. The third kappa shape index (κ3) is 4.92. The van der Waals surface area contributed by atoms with E-state index in [2.05, 4.69) is 184 Å². The quantitative estimate of drug-likeness (QED) is 0.181. The zero-order chi connectivity index (χ0) is 39.9. The summed E-state index contributed by atoms with van der Waals surface area (Å²) in [6.45, 7) is 6.78. The third-order valence-corrected chi connectivity index (χ3v) is 13.8. The summed E-state index contributed by atoms with van der Waals surface area (Å²) in [6, 6.07) is 55.1. The molecular formula is C54H36BN2O2S. The highest BCUT2D eigenvalue weighted by Gasteiger charge is 2.29. The molecule has 0 aliphatic carbocycles. The van der Waals surface area contributed by atoms with Gasteiger partial charge in [0.2, 0.25) is 0 Å². The number of fused-ring (bicyclic) bond motifs is 12. The summed E-state index contributed by atoms with van der Waals surface area (Å²) in [5.41, 5.74) is 16.5. The second kappa shape index (κ2) is 12.3. The van der Waals surface area contributed by atoms with Crippen LogP contribution in [0.3, 0.4) is 0 Å². The molecule has 60 heavy (non-hydrogen) atoms. The fourth-order valence-electron chi connectivity index (χ4n) is 9.67. The lowest BCUT2D eigenvalue weighted by Crippen LogP contribution is -2.37. The molecule has 1 aliphatic rings. The number of aromatic nitrogens is 1. The van der Waals surface area contributed by atoms with Crippen molar-refractivity contribution in [3.05, 3.63) is 163 Å². The summed E-state index contributed by atoms with van der Waals surface area (Å²) in [5, 5.41) is 12.1. The molecule has 1 radical (unpaired) electrons. The molecule has 0 fully saturated rings. The lowest BCUT2D eigenvalue weighted by molar-refractivity contribution is 0.590. The van der Waals surface area contributed by atoms with Crippen molar-refractivity contribution in [3.63, 3.8) is 0 Å². The largest absolute Gasteiger partial charge is 0.464 e. The van der Waals surface area contributed by atoms with Gasteiger partial charge < -0.3 is 18.7 Å². The molecule has 1 N–H and O–H groups in total. The maximum absolute atomic E-state index is 6.50. The van der Waals surface area contributed by atoms with E-state index in [0.29, 0.717) is 0 Å². The Kier molecular flexibility index (Phi) is 6.93. The second-order valence-electron chi connectivity index (χ2n) is 17.2. The Labute approximate surface area is 350 Å². The molecule has 0 saturated heterocycles. The fourth-order valence-corrected chi connectivity index (χ4v) is 10.8. The van der Waals surface area contributed by atoms with E-state index in [9.17, 15) is 0 Å². The first kappa shape index (κ1) is 33.9. The van der Waals surface area contributed by atoms with Crippen molar-refractivity contribution >= 4 is 116 Å². The minimum absolute atomic E-state index is 0.0718. The second-order valence-corrected chi connectivity index (χ2v) is 18.3. The number of rotatable bonds is 4. The highest BCUT2D eigenvalue weighted by Crippen LogP contribution is 2.45. The SMILES string of the molecule is CC(C)(C)c1ccc(Nc2cc3sc4ccccc4c3cc2-c2ccc3c4cc5oc6ccccc6c5cc4n4c3c2[B]c2cc3occ(-c5ccccc5)c3cc2-4)cc1. The molecule has 4 nitrogen and oxygen atoms in total. The maximum atomic E-state index is 6.50. The van der Waals surface area contributed by atoms with Crippen LogP contribution >= 0.6 is 11.3 Å². The molecule has 0 saturated carbocycles. The maximum Gasteiger partial charge on any atom is 0.198 e. The summed E-state index contributed by atoms with van der Waals surface area (Å²) in [7, 11) is 2.38. The van der Waals surface area contributed by atoms with Crippen LogP contribution in [0.4, 0.5) is 11.4 Å². The summed E-state index contributed by atoms with van der Waals surface area (Å²) in [5.74, 6) is 0. The first-order valence-corrected chi connectivity index (χ1v) is 21.4. The van der Waals surface area contributed by atoms with Crippen molar-refractivity contribution in [1.29, 1.82) is 0 Å². The number of thiophene rings is 1. The minimum Gasteiger partial charge on any atom is -0.464 e. The van der Waals surface area contributed by atoms with E-state index in [4.69, 9.17) is 8.83 Å². The topological polar surface area (TPSA) is 43.2 Å². The molecule has 0 bridgehead atoms. The number of hydrogen-bond acceptors (Lipinski definition) is 4. The number of anilines is 2. The van der Waals surface area contributed by atoms with Gasteiger partial charge in [-0.05, 0) is 88.2 Å². The summed E-state index contributed by atoms with van der Waals surface area (Å²) >= 11 is 1.85. The predicted molar refractivity (Wildman–Crippen MR) is 255 cm³/mol. The average molecular weight is 788 g/mol. The summed E-state index contributed by atoms with van der Waals surface area (Å²) < 4.78 is 17.9. The molecule has 0 spiro atoms. The summed E-state index contributed by atoms with van der Waals surface area (Å²) in [6.07, 6.45) is 1.90. The number of nitrogens with one attached hydrogen (secondary N) is 1. The highest BCUT2D eigenvalue weighted by molar-refractivity contribution is 7.25. The Bertz CT molecular complexity index is 3750. The van der Waals surface area contributed by atoms with Crippen molar-refractivity contribution in [3.8, 4) is 27.9 Å². The van der Waals surface area contributed by atoms with Crippen LogP contribution in [0.5, 0.6) is 0 Å². The highest BCUT2D eigenvalue weighted by atomic mass is 32.1. The number of nitrogens with zero attached hydrogens (tertiary/aromatic N) is 1. The molecule has 0 atom stereocenters. The van der Waals surface area contributed by atoms with Gasteiger partial charge in [-0.3, -0.25) is 0 Å². The van der Waals surface area contributed by atoms with E-state index in [1.807, 2.05) is 23.7 Å². The molecule has 12 aromatic rings. The monoisotopic (exact) mass is 787 g/mol. The Hall–Kier alpha value is -7.02. The fraction of sp³-hybridized carbons (Fsp3) is 0.0741. The smallest absolute Gasteiger partial charge is 0.198 e. The van der Waals surface area contributed by atoms with E-state index in [0.717, 1.165) is 83.0 Å². The van der Waals surface area contributed by atoms with Gasteiger partial charge in [-0.15, -0.1) is 11.3 Å².